The van der Waals surface area contributed by atoms with Gasteiger partial charge in [-0.3, -0.25) is 0 Å². The number of benzene rings is 1. The van der Waals surface area contributed by atoms with Crippen LogP contribution >= 0.6 is 0 Å². The summed E-state index contributed by atoms with van der Waals surface area (Å²) in [6, 6.07) is 6.74. The van der Waals surface area contributed by atoms with Gasteiger partial charge in [-0.2, -0.15) is 0 Å². The van der Waals surface area contributed by atoms with Gasteiger partial charge in [-0.15, -0.1) is 0 Å². The van der Waals surface area contributed by atoms with Gasteiger partial charge >= 0.3 is 0 Å². The van der Waals surface area contributed by atoms with E-state index >= 15 is 0 Å². The minimum absolute atomic E-state index is 0.736. The van der Waals surface area contributed by atoms with Crippen molar-refractivity contribution >= 4 is 0 Å². The highest BCUT2D eigenvalue weighted by Crippen LogP contribution is 2.11. The first kappa shape index (κ1) is 16.2. The van der Waals surface area contributed by atoms with E-state index in [1.165, 1.54) is 16.7 Å². The smallest absolute Gasteiger partial charge is 0.0104 e. The molecule has 0 atom stereocenters. The lowest BCUT2D eigenvalue weighted by Gasteiger charge is -2.18. The van der Waals surface area contributed by atoms with Crippen LogP contribution in [-0.2, 0) is 6.42 Å². The van der Waals surface area contributed by atoms with E-state index in [9.17, 15) is 0 Å². The Hall–Kier alpha value is -0.860. The molecule has 1 N–H and O–H groups in total. The van der Waals surface area contributed by atoms with Crippen molar-refractivity contribution < 1.29 is 0 Å². The SMILES string of the molecule is Cc1ccc(C)c(CCN(C)CCNCC(C)C)c1. The standard InChI is InChI=1S/C17H30N2/c1-14(2)13-18-9-11-19(5)10-8-17-12-15(3)6-7-16(17)4/h6-7,12,14,18H,8-11,13H2,1-5H3. The Morgan fingerprint density at radius 3 is 2.58 bits per heavy atom. The van der Waals surface area contributed by atoms with E-state index in [1.54, 1.807) is 0 Å². The number of hydrogen-bond acceptors (Lipinski definition) is 2. The molecule has 1 aromatic carbocycles. The first-order valence-corrected chi connectivity index (χ1v) is 7.44. The van der Waals surface area contributed by atoms with Gasteiger partial charge in [0.1, 0.15) is 0 Å². The third-order valence-corrected chi connectivity index (χ3v) is 3.49. The zero-order valence-electron chi connectivity index (χ0n) is 13.3. The van der Waals surface area contributed by atoms with Gasteiger partial charge in [-0.05, 0) is 50.9 Å². The number of nitrogens with one attached hydrogen (secondary N) is 1. The molecular formula is C17H30N2. The molecule has 1 rings (SSSR count). The van der Waals surface area contributed by atoms with Crippen LogP contribution in [0.15, 0.2) is 18.2 Å². The molecule has 0 saturated heterocycles. The molecule has 0 aliphatic rings. The molecular weight excluding hydrogens is 232 g/mol. The summed E-state index contributed by atoms with van der Waals surface area (Å²) in [6.45, 7) is 13.3. The number of hydrogen-bond donors (Lipinski definition) is 1. The lowest BCUT2D eigenvalue weighted by atomic mass is 10.0. The molecule has 0 amide bonds. The first-order valence-electron chi connectivity index (χ1n) is 7.44. The van der Waals surface area contributed by atoms with E-state index in [1.807, 2.05) is 0 Å². The van der Waals surface area contributed by atoms with Crippen LogP contribution in [0.4, 0.5) is 0 Å². The van der Waals surface area contributed by atoms with Crippen molar-refractivity contribution in [2.45, 2.75) is 34.1 Å². The zero-order valence-corrected chi connectivity index (χ0v) is 13.3. The average Bonchev–Trinajstić information content (AvgIpc) is 2.35. The molecule has 0 radical (unpaired) electrons. The minimum atomic E-state index is 0.736. The van der Waals surface area contributed by atoms with Crippen molar-refractivity contribution in [1.82, 2.24) is 10.2 Å². The minimum Gasteiger partial charge on any atom is -0.315 e. The molecule has 0 spiro atoms. The molecule has 0 unspecified atom stereocenters. The Bertz CT molecular complexity index is 372. The normalized spacial score (nSPS) is 11.5. The van der Waals surface area contributed by atoms with Gasteiger partial charge in [0.2, 0.25) is 0 Å². The van der Waals surface area contributed by atoms with E-state index in [4.69, 9.17) is 0 Å². The summed E-state index contributed by atoms with van der Waals surface area (Å²) in [5.41, 5.74) is 4.26. The monoisotopic (exact) mass is 262 g/mol. The molecule has 0 fully saturated rings. The first-order chi connectivity index (χ1) is 8.99. The number of nitrogens with zero attached hydrogens (tertiary/aromatic N) is 1. The van der Waals surface area contributed by atoms with E-state index < -0.39 is 0 Å². The predicted octanol–water partition coefficient (Wildman–Crippen LogP) is 3.02. The van der Waals surface area contributed by atoms with E-state index in [0.717, 1.165) is 38.5 Å². The zero-order chi connectivity index (χ0) is 14.3. The summed E-state index contributed by atoms with van der Waals surface area (Å²) in [5.74, 6) is 0.736. The largest absolute Gasteiger partial charge is 0.315 e. The molecule has 19 heavy (non-hydrogen) atoms. The lowest BCUT2D eigenvalue weighted by Crippen LogP contribution is -2.32. The van der Waals surface area contributed by atoms with Crippen LogP contribution in [0, 0.1) is 19.8 Å². The Labute approximate surface area is 119 Å². The van der Waals surface area contributed by atoms with E-state index in [0.29, 0.717) is 0 Å². The summed E-state index contributed by atoms with van der Waals surface area (Å²) < 4.78 is 0. The lowest BCUT2D eigenvalue weighted by molar-refractivity contribution is 0.332. The Morgan fingerprint density at radius 2 is 1.89 bits per heavy atom. The van der Waals surface area contributed by atoms with Crippen LogP contribution in [0.25, 0.3) is 0 Å². The van der Waals surface area contributed by atoms with E-state index in [2.05, 4.69) is 63.2 Å². The summed E-state index contributed by atoms with van der Waals surface area (Å²) >= 11 is 0. The molecule has 0 aliphatic heterocycles. The topological polar surface area (TPSA) is 15.3 Å². The van der Waals surface area contributed by atoms with Gasteiger partial charge in [0.15, 0.2) is 0 Å². The maximum atomic E-state index is 3.49. The maximum Gasteiger partial charge on any atom is 0.0104 e. The van der Waals surface area contributed by atoms with Crippen LogP contribution in [0.1, 0.15) is 30.5 Å². The van der Waals surface area contributed by atoms with Crippen molar-refractivity contribution in [3.05, 3.63) is 34.9 Å². The number of aryl methyl sites for hydroxylation is 2. The second kappa shape index (κ2) is 8.34. The molecule has 108 valence electrons. The molecule has 0 aliphatic carbocycles. The summed E-state index contributed by atoms with van der Waals surface area (Å²) in [6.07, 6.45) is 1.15. The number of likely N-dealkylation sites (N-methyl/N-ethyl adjacent to an activating group) is 1. The molecule has 0 heterocycles. The highest BCUT2D eigenvalue weighted by Gasteiger charge is 2.02. The number of rotatable bonds is 8. The Kier molecular flexibility index (Phi) is 7.11. The fraction of sp³-hybridized carbons (Fsp3) is 0.647. The van der Waals surface area contributed by atoms with Crippen LogP contribution < -0.4 is 5.32 Å². The fourth-order valence-corrected chi connectivity index (χ4v) is 2.15. The van der Waals surface area contributed by atoms with Crippen LogP contribution in [0.3, 0.4) is 0 Å². The van der Waals surface area contributed by atoms with Gasteiger partial charge in [-0.1, -0.05) is 37.6 Å². The Balaban J connectivity index is 2.26. The predicted molar refractivity (Wildman–Crippen MR) is 84.8 cm³/mol. The van der Waals surface area contributed by atoms with Crippen molar-refractivity contribution in [3.63, 3.8) is 0 Å². The summed E-state index contributed by atoms with van der Waals surface area (Å²) in [5, 5.41) is 3.49. The van der Waals surface area contributed by atoms with Gasteiger partial charge in [0.25, 0.3) is 0 Å². The Morgan fingerprint density at radius 1 is 1.16 bits per heavy atom. The molecule has 2 heteroatoms. The van der Waals surface area contributed by atoms with Gasteiger partial charge in [-0.25, -0.2) is 0 Å². The fourth-order valence-electron chi connectivity index (χ4n) is 2.15. The third-order valence-electron chi connectivity index (χ3n) is 3.49. The van der Waals surface area contributed by atoms with Crippen molar-refractivity contribution in [3.8, 4) is 0 Å². The highest BCUT2D eigenvalue weighted by atomic mass is 15.1. The van der Waals surface area contributed by atoms with Crippen LogP contribution in [0.2, 0.25) is 0 Å². The molecule has 0 aromatic heterocycles. The van der Waals surface area contributed by atoms with Gasteiger partial charge < -0.3 is 10.2 Å². The van der Waals surface area contributed by atoms with Gasteiger partial charge in [0.05, 0.1) is 0 Å². The summed E-state index contributed by atoms with van der Waals surface area (Å²) in [4.78, 5) is 2.41. The second-order valence-electron chi connectivity index (χ2n) is 6.08. The molecule has 0 saturated carbocycles. The average molecular weight is 262 g/mol. The van der Waals surface area contributed by atoms with Crippen LogP contribution in [0.5, 0.6) is 0 Å². The van der Waals surface area contributed by atoms with Crippen molar-refractivity contribution in [1.29, 1.82) is 0 Å². The third kappa shape index (κ3) is 6.74. The quantitative estimate of drug-likeness (QED) is 0.725. The van der Waals surface area contributed by atoms with Crippen molar-refractivity contribution in [2.24, 2.45) is 5.92 Å². The summed E-state index contributed by atoms with van der Waals surface area (Å²) in [7, 11) is 2.21. The van der Waals surface area contributed by atoms with Crippen molar-refractivity contribution in [2.75, 3.05) is 33.2 Å². The van der Waals surface area contributed by atoms with Gasteiger partial charge in [0, 0.05) is 19.6 Å². The maximum absolute atomic E-state index is 3.49. The molecule has 1 aromatic rings. The molecule has 0 bridgehead atoms. The highest BCUT2D eigenvalue weighted by molar-refractivity contribution is 5.30. The second-order valence-corrected chi connectivity index (χ2v) is 6.08. The van der Waals surface area contributed by atoms with E-state index in [-0.39, 0.29) is 0 Å². The van der Waals surface area contributed by atoms with Crippen LogP contribution in [-0.4, -0.2) is 38.1 Å². The molecule has 2 nitrogen and oxygen atoms in total.